The van der Waals surface area contributed by atoms with Gasteiger partial charge >= 0.3 is 0 Å². The van der Waals surface area contributed by atoms with Gasteiger partial charge in [-0.2, -0.15) is 11.8 Å². The molecule has 2 aromatic carbocycles. The van der Waals surface area contributed by atoms with E-state index < -0.39 is 6.04 Å². The molecular formula is C26H30N4O3S. The lowest BCUT2D eigenvalue weighted by atomic mass is 9.94. The average Bonchev–Trinajstić information content (AvgIpc) is 3.27. The first-order chi connectivity index (χ1) is 16.5. The van der Waals surface area contributed by atoms with Crippen molar-refractivity contribution in [3.8, 4) is 11.1 Å². The standard InChI is InChI=1S/C26H30N4O3S/c1-30-16-22(27-18-30)15-23(32)10-8-19-9-11-24(25(14-19)20-6-4-3-5-7-20)26(33)29-28-21(17-31)12-13-34-2/h3-7,9,11,14,16-18,21,28H,8,10,12-13,15H2,1-2H3,(H,29,33). The van der Waals surface area contributed by atoms with Crippen LogP contribution in [0.1, 0.15) is 34.5 Å². The number of hydrogen-bond acceptors (Lipinski definition) is 6. The van der Waals surface area contributed by atoms with Crippen molar-refractivity contribution in [3.05, 3.63) is 77.9 Å². The number of Topliss-reactive ketones (excluding diaryl/α,β-unsaturated/α-hetero) is 1. The summed E-state index contributed by atoms with van der Waals surface area (Å²) in [6.45, 7) is 0. The van der Waals surface area contributed by atoms with Crippen molar-refractivity contribution in [2.45, 2.75) is 31.7 Å². The number of nitrogens with zero attached hydrogens (tertiary/aromatic N) is 2. The van der Waals surface area contributed by atoms with E-state index in [0.717, 1.165) is 34.4 Å². The van der Waals surface area contributed by atoms with Gasteiger partial charge in [0, 0.05) is 25.2 Å². The van der Waals surface area contributed by atoms with Gasteiger partial charge in [-0.05, 0) is 47.6 Å². The van der Waals surface area contributed by atoms with Gasteiger partial charge in [0.25, 0.3) is 5.91 Å². The fourth-order valence-electron chi connectivity index (χ4n) is 3.58. The molecule has 0 radical (unpaired) electrons. The molecule has 1 heterocycles. The van der Waals surface area contributed by atoms with E-state index >= 15 is 0 Å². The molecule has 1 unspecified atom stereocenters. The molecule has 34 heavy (non-hydrogen) atoms. The zero-order valence-corrected chi connectivity index (χ0v) is 20.3. The highest BCUT2D eigenvalue weighted by atomic mass is 32.2. The van der Waals surface area contributed by atoms with Gasteiger partial charge in [0.2, 0.25) is 0 Å². The van der Waals surface area contributed by atoms with E-state index in [-0.39, 0.29) is 11.7 Å². The van der Waals surface area contributed by atoms with Crippen LogP contribution in [-0.4, -0.2) is 45.6 Å². The highest BCUT2D eigenvalue weighted by molar-refractivity contribution is 7.98. The van der Waals surface area contributed by atoms with E-state index in [9.17, 15) is 14.4 Å². The Kier molecular flexibility index (Phi) is 9.61. The average molecular weight is 479 g/mol. The minimum Gasteiger partial charge on any atom is -0.340 e. The number of hydrazine groups is 1. The number of carbonyl (C=O) groups excluding carboxylic acids is 3. The number of aryl methyl sites for hydroxylation is 2. The monoisotopic (exact) mass is 478 g/mol. The zero-order valence-electron chi connectivity index (χ0n) is 19.5. The molecule has 0 aliphatic rings. The van der Waals surface area contributed by atoms with Gasteiger partial charge in [0.15, 0.2) is 0 Å². The molecule has 0 bridgehead atoms. The van der Waals surface area contributed by atoms with Gasteiger partial charge in [0.05, 0.1) is 24.5 Å². The summed E-state index contributed by atoms with van der Waals surface area (Å²) in [7, 11) is 1.88. The van der Waals surface area contributed by atoms with Crippen molar-refractivity contribution in [2.75, 3.05) is 12.0 Å². The molecular weight excluding hydrogens is 448 g/mol. The number of aldehydes is 1. The van der Waals surface area contributed by atoms with Crippen LogP contribution >= 0.6 is 11.8 Å². The van der Waals surface area contributed by atoms with E-state index in [0.29, 0.717) is 31.2 Å². The van der Waals surface area contributed by atoms with Crippen LogP contribution in [0.25, 0.3) is 11.1 Å². The van der Waals surface area contributed by atoms with Crippen molar-refractivity contribution < 1.29 is 14.4 Å². The highest BCUT2D eigenvalue weighted by Gasteiger charge is 2.16. The molecule has 0 aliphatic heterocycles. The number of amides is 1. The van der Waals surface area contributed by atoms with Crippen LogP contribution in [0, 0.1) is 0 Å². The minimum absolute atomic E-state index is 0.121. The Labute approximate surface area is 204 Å². The third kappa shape index (κ3) is 7.40. The third-order valence-electron chi connectivity index (χ3n) is 5.41. The maximum Gasteiger partial charge on any atom is 0.266 e. The number of carbonyl (C=O) groups is 3. The van der Waals surface area contributed by atoms with Gasteiger partial charge in [-0.1, -0.05) is 42.5 Å². The Bertz CT molecular complexity index is 1110. The Balaban J connectivity index is 1.72. The second-order valence-corrected chi connectivity index (χ2v) is 9.10. The number of ketones is 1. The van der Waals surface area contributed by atoms with Gasteiger partial charge < -0.3 is 9.36 Å². The number of imidazole rings is 1. The number of rotatable bonds is 13. The van der Waals surface area contributed by atoms with E-state index in [2.05, 4.69) is 15.8 Å². The predicted molar refractivity (Wildman–Crippen MR) is 136 cm³/mol. The largest absolute Gasteiger partial charge is 0.340 e. The van der Waals surface area contributed by atoms with Crippen LogP contribution in [0.3, 0.4) is 0 Å². The van der Waals surface area contributed by atoms with E-state index in [1.807, 2.05) is 66.5 Å². The first kappa shape index (κ1) is 25.4. The summed E-state index contributed by atoms with van der Waals surface area (Å²) in [5.41, 5.74) is 9.43. The molecule has 178 valence electrons. The Morgan fingerprint density at radius 1 is 1.18 bits per heavy atom. The van der Waals surface area contributed by atoms with Crippen LogP contribution in [0.5, 0.6) is 0 Å². The normalized spacial score (nSPS) is 11.7. The summed E-state index contributed by atoms with van der Waals surface area (Å²) in [5.74, 6) is 0.624. The minimum atomic E-state index is -0.444. The third-order valence-corrected chi connectivity index (χ3v) is 6.05. The summed E-state index contributed by atoms with van der Waals surface area (Å²) in [5, 5.41) is 0. The number of thioether (sulfide) groups is 1. The van der Waals surface area contributed by atoms with Crippen molar-refractivity contribution >= 4 is 29.7 Å². The molecule has 0 saturated carbocycles. The van der Waals surface area contributed by atoms with E-state index in [4.69, 9.17) is 0 Å². The summed E-state index contributed by atoms with van der Waals surface area (Å²) in [6.07, 6.45) is 8.23. The van der Waals surface area contributed by atoms with Crippen LogP contribution in [-0.2, 0) is 29.5 Å². The Morgan fingerprint density at radius 3 is 2.65 bits per heavy atom. The lowest BCUT2D eigenvalue weighted by Gasteiger charge is -2.16. The first-order valence-electron chi connectivity index (χ1n) is 11.2. The van der Waals surface area contributed by atoms with Crippen LogP contribution in [0.4, 0.5) is 0 Å². The molecule has 1 atom stereocenters. The summed E-state index contributed by atoms with van der Waals surface area (Å²) in [6, 6.07) is 14.8. The van der Waals surface area contributed by atoms with E-state index in [1.165, 1.54) is 0 Å². The predicted octanol–water partition coefficient (Wildman–Crippen LogP) is 3.39. The molecule has 1 aromatic heterocycles. The second kappa shape index (κ2) is 12.9. The molecule has 7 nitrogen and oxygen atoms in total. The Morgan fingerprint density at radius 2 is 1.97 bits per heavy atom. The maximum atomic E-state index is 13.0. The van der Waals surface area contributed by atoms with Crippen LogP contribution < -0.4 is 10.9 Å². The Hall–Kier alpha value is -3.23. The molecule has 8 heteroatoms. The van der Waals surface area contributed by atoms with Gasteiger partial charge in [0.1, 0.15) is 12.1 Å². The molecule has 3 rings (SSSR count). The molecule has 0 spiro atoms. The van der Waals surface area contributed by atoms with Crippen molar-refractivity contribution in [3.63, 3.8) is 0 Å². The topological polar surface area (TPSA) is 93.1 Å². The molecule has 3 aromatic rings. The highest BCUT2D eigenvalue weighted by Crippen LogP contribution is 2.26. The molecule has 0 fully saturated rings. The number of nitrogens with one attached hydrogen (secondary N) is 2. The van der Waals surface area contributed by atoms with Gasteiger partial charge in [-0.3, -0.25) is 15.0 Å². The summed E-state index contributed by atoms with van der Waals surface area (Å²) >= 11 is 1.65. The smallest absolute Gasteiger partial charge is 0.266 e. The van der Waals surface area contributed by atoms with Crippen LogP contribution in [0.2, 0.25) is 0 Å². The fraction of sp³-hybridized carbons (Fsp3) is 0.308. The van der Waals surface area contributed by atoms with Crippen molar-refractivity contribution in [1.82, 2.24) is 20.4 Å². The number of hydrogen-bond donors (Lipinski definition) is 2. The number of aromatic nitrogens is 2. The van der Waals surface area contributed by atoms with Gasteiger partial charge in [-0.25, -0.2) is 10.4 Å². The quantitative estimate of drug-likeness (QED) is 0.289. The van der Waals surface area contributed by atoms with Crippen LogP contribution in [0.15, 0.2) is 61.1 Å². The fourth-order valence-corrected chi connectivity index (χ4v) is 4.07. The summed E-state index contributed by atoms with van der Waals surface area (Å²) in [4.78, 5) is 40.9. The lowest BCUT2D eigenvalue weighted by molar-refractivity contribution is -0.118. The molecule has 0 aliphatic carbocycles. The van der Waals surface area contributed by atoms with Gasteiger partial charge in [-0.15, -0.1) is 0 Å². The summed E-state index contributed by atoms with van der Waals surface area (Å²) < 4.78 is 1.83. The molecule has 1 amide bonds. The van der Waals surface area contributed by atoms with Crippen molar-refractivity contribution in [2.24, 2.45) is 7.05 Å². The maximum absolute atomic E-state index is 13.0. The molecule has 0 saturated heterocycles. The first-order valence-corrected chi connectivity index (χ1v) is 12.6. The zero-order chi connectivity index (χ0) is 24.3. The molecule has 2 N–H and O–H groups in total. The second-order valence-electron chi connectivity index (χ2n) is 8.11. The van der Waals surface area contributed by atoms with Crippen molar-refractivity contribution in [1.29, 1.82) is 0 Å². The van der Waals surface area contributed by atoms with E-state index in [1.54, 1.807) is 24.2 Å². The SMILES string of the molecule is CSCCC(C=O)NNC(=O)c1ccc(CCC(=O)Cc2cn(C)cn2)cc1-c1ccccc1. The lowest BCUT2D eigenvalue weighted by Crippen LogP contribution is -2.45. The number of benzene rings is 2.